The molecular weight excluding hydrogens is 221 g/mol. The minimum Gasteiger partial charge on any atom is -0.383 e. The van der Waals surface area contributed by atoms with Gasteiger partial charge in [-0.2, -0.15) is 13.2 Å². The van der Waals surface area contributed by atoms with Gasteiger partial charge < -0.3 is 10.5 Å². The molecule has 6 heteroatoms. The van der Waals surface area contributed by atoms with E-state index < -0.39 is 18.8 Å². The second kappa shape index (κ2) is 7.09. The number of nitrogens with two attached hydrogens (primary N) is 1. The molecule has 0 heterocycles. The van der Waals surface area contributed by atoms with Crippen molar-refractivity contribution in [2.24, 2.45) is 5.73 Å². The molecule has 0 bridgehead atoms. The molecule has 98 valence electrons. The van der Waals surface area contributed by atoms with Crippen LogP contribution in [-0.2, 0) is 4.74 Å². The molecule has 2 atom stereocenters. The molecule has 0 aromatic heterocycles. The molecule has 0 saturated carbocycles. The average Bonchev–Trinajstić information content (AvgIpc) is 2.21. The van der Waals surface area contributed by atoms with Gasteiger partial charge >= 0.3 is 6.18 Å². The van der Waals surface area contributed by atoms with Gasteiger partial charge in [0.2, 0.25) is 0 Å². The van der Waals surface area contributed by atoms with Crippen LogP contribution in [0.15, 0.2) is 0 Å². The lowest BCUT2D eigenvalue weighted by Crippen LogP contribution is -2.54. The van der Waals surface area contributed by atoms with E-state index in [9.17, 15) is 13.2 Å². The van der Waals surface area contributed by atoms with Crippen molar-refractivity contribution in [1.29, 1.82) is 0 Å². The first-order chi connectivity index (χ1) is 7.38. The molecule has 0 aromatic rings. The van der Waals surface area contributed by atoms with Crippen molar-refractivity contribution in [2.75, 3.05) is 26.8 Å². The summed E-state index contributed by atoms with van der Waals surface area (Å²) in [5.41, 5.74) is 5.22. The van der Waals surface area contributed by atoms with Crippen molar-refractivity contribution in [3.8, 4) is 0 Å². The van der Waals surface area contributed by atoms with Crippen LogP contribution in [0.5, 0.6) is 0 Å². The predicted octanol–water partition coefficient (Wildman–Crippen LogP) is 1.62. The quantitative estimate of drug-likeness (QED) is 0.737. The molecule has 3 nitrogen and oxygen atoms in total. The molecule has 0 rings (SSSR count). The molecule has 0 fully saturated rings. The van der Waals surface area contributed by atoms with E-state index in [4.69, 9.17) is 10.5 Å². The summed E-state index contributed by atoms with van der Waals surface area (Å²) in [6, 6.07) is -1.75. The predicted molar refractivity (Wildman–Crippen MR) is 57.2 cm³/mol. The summed E-state index contributed by atoms with van der Waals surface area (Å²) in [4.78, 5) is 1.36. The van der Waals surface area contributed by atoms with Crippen LogP contribution in [0, 0.1) is 0 Å². The van der Waals surface area contributed by atoms with Gasteiger partial charge in [-0.25, -0.2) is 0 Å². The largest absolute Gasteiger partial charge is 0.405 e. The molecule has 0 amide bonds. The van der Waals surface area contributed by atoms with Crippen molar-refractivity contribution in [1.82, 2.24) is 4.90 Å². The van der Waals surface area contributed by atoms with E-state index in [0.717, 1.165) is 0 Å². The van der Waals surface area contributed by atoms with Crippen LogP contribution < -0.4 is 5.73 Å². The monoisotopic (exact) mass is 242 g/mol. The van der Waals surface area contributed by atoms with E-state index in [1.54, 1.807) is 6.92 Å². The zero-order chi connectivity index (χ0) is 12.8. The molecule has 0 aromatic carbocycles. The number of hydrogen-bond donors (Lipinski definition) is 1. The number of rotatable bonds is 7. The Labute approximate surface area is 94.7 Å². The minimum atomic E-state index is -4.29. The van der Waals surface area contributed by atoms with Crippen LogP contribution >= 0.6 is 0 Å². The van der Waals surface area contributed by atoms with E-state index in [0.29, 0.717) is 6.42 Å². The molecule has 0 aliphatic heterocycles. The summed E-state index contributed by atoms with van der Waals surface area (Å²) < 4.78 is 43.0. The minimum absolute atomic E-state index is 0.162. The first-order valence-corrected chi connectivity index (χ1v) is 5.39. The summed E-state index contributed by atoms with van der Waals surface area (Å²) in [7, 11) is 1.47. The Balaban J connectivity index is 4.69. The van der Waals surface area contributed by atoms with Crippen molar-refractivity contribution in [3.63, 3.8) is 0 Å². The molecule has 2 N–H and O–H groups in total. The number of halogens is 3. The summed E-state index contributed by atoms with van der Waals surface area (Å²) in [5, 5.41) is 0. The lowest BCUT2D eigenvalue weighted by Gasteiger charge is -2.36. The standard InChI is InChI=1S/C10H21F3N2O/c1-4-8(2)15(5-6-16-3)9(7-14)10(11,12)13/h8-9H,4-7,14H2,1-3H3. The van der Waals surface area contributed by atoms with Crippen LogP contribution in [0.2, 0.25) is 0 Å². The highest BCUT2D eigenvalue weighted by Gasteiger charge is 2.43. The Morgan fingerprint density at radius 3 is 2.25 bits per heavy atom. The second-order valence-corrected chi connectivity index (χ2v) is 3.78. The average molecular weight is 242 g/mol. The van der Waals surface area contributed by atoms with Crippen molar-refractivity contribution >= 4 is 0 Å². The van der Waals surface area contributed by atoms with Gasteiger partial charge in [-0.3, -0.25) is 4.90 Å². The van der Waals surface area contributed by atoms with Crippen LogP contribution in [0.25, 0.3) is 0 Å². The lowest BCUT2D eigenvalue weighted by molar-refractivity contribution is -0.187. The highest BCUT2D eigenvalue weighted by atomic mass is 19.4. The van der Waals surface area contributed by atoms with E-state index in [1.165, 1.54) is 12.0 Å². The van der Waals surface area contributed by atoms with Gasteiger partial charge in [0.15, 0.2) is 0 Å². The van der Waals surface area contributed by atoms with Gasteiger partial charge in [-0.05, 0) is 13.3 Å². The lowest BCUT2D eigenvalue weighted by atomic mass is 10.1. The number of hydrogen-bond acceptors (Lipinski definition) is 3. The van der Waals surface area contributed by atoms with Crippen LogP contribution in [0.3, 0.4) is 0 Å². The van der Waals surface area contributed by atoms with Gasteiger partial charge in [0.1, 0.15) is 6.04 Å². The Hall–Kier alpha value is -0.330. The van der Waals surface area contributed by atoms with Crippen LogP contribution in [0.4, 0.5) is 13.2 Å². The van der Waals surface area contributed by atoms with Gasteiger partial charge in [-0.15, -0.1) is 0 Å². The number of alkyl halides is 3. The van der Waals surface area contributed by atoms with Crippen molar-refractivity contribution in [2.45, 2.75) is 38.5 Å². The summed E-state index contributed by atoms with van der Waals surface area (Å²) in [6.07, 6.45) is -3.64. The van der Waals surface area contributed by atoms with E-state index in [1.807, 2.05) is 6.92 Å². The Bertz CT molecular complexity index is 187. The zero-order valence-corrected chi connectivity index (χ0v) is 10.0. The third-order valence-corrected chi connectivity index (χ3v) is 2.71. The summed E-state index contributed by atoms with van der Waals surface area (Å²) in [5.74, 6) is 0. The third-order valence-electron chi connectivity index (χ3n) is 2.71. The fourth-order valence-corrected chi connectivity index (χ4v) is 1.57. The normalized spacial score (nSPS) is 16.5. The van der Waals surface area contributed by atoms with Crippen molar-refractivity contribution in [3.05, 3.63) is 0 Å². The number of nitrogens with zero attached hydrogens (tertiary/aromatic N) is 1. The smallest absolute Gasteiger partial charge is 0.383 e. The van der Waals surface area contributed by atoms with Gasteiger partial charge in [0.05, 0.1) is 6.61 Å². The molecule has 0 aliphatic carbocycles. The fourth-order valence-electron chi connectivity index (χ4n) is 1.57. The Morgan fingerprint density at radius 1 is 1.38 bits per heavy atom. The highest BCUT2D eigenvalue weighted by molar-refractivity contribution is 4.82. The topological polar surface area (TPSA) is 38.5 Å². The van der Waals surface area contributed by atoms with Gasteiger partial charge in [0, 0.05) is 26.2 Å². The second-order valence-electron chi connectivity index (χ2n) is 3.78. The van der Waals surface area contributed by atoms with Crippen LogP contribution in [-0.4, -0.2) is 50.0 Å². The summed E-state index contributed by atoms with van der Waals surface area (Å²) in [6.45, 7) is 3.72. The van der Waals surface area contributed by atoms with Gasteiger partial charge in [-0.1, -0.05) is 6.92 Å². The fraction of sp³-hybridized carbons (Fsp3) is 1.00. The van der Waals surface area contributed by atoms with E-state index in [-0.39, 0.29) is 19.2 Å². The van der Waals surface area contributed by atoms with Crippen LogP contribution in [0.1, 0.15) is 20.3 Å². The summed E-state index contributed by atoms with van der Waals surface area (Å²) >= 11 is 0. The number of methoxy groups -OCH3 is 1. The van der Waals surface area contributed by atoms with E-state index in [2.05, 4.69) is 0 Å². The van der Waals surface area contributed by atoms with Gasteiger partial charge in [0.25, 0.3) is 0 Å². The Morgan fingerprint density at radius 2 is 1.94 bits per heavy atom. The third kappa shape index (κ3) is 4.67. The Kier molecular flexibility index (Phi) is 6.94. The molecular formula is C10H21F3N2O. The number of ether oxygens (including phenoxy) is 1. The molecule has 0 saturated heterocycles. The molecule has 0 radical (unpaired) electrons. The zero-order valence-electron chi connectivity index (χ0n) is 10.0. The first kappa shape index (κ1) is 15.7. The first-order valence-electron chi connectivity index (χ1n) is 5.39. The van der Waals surface area contributed by atoms with E-state index >= 15 is 0 Å². The maximum absolute atomic E-state index is 12.7. The van der Waals surface area contributed by atoms with Crippen molar-refractivity contribution < 1.29 is 17.9 Å². The molecule has 16 heavy (non-hydrogen) atoms. The maximum atomic E-state index is 12.7. The molecule has 0 aliphatic rings. The SMILES string of the molecule is CCC(C)N(CCOC)C(CN)C(F)(F)F. The molecule has 0 spiro atoms. The molecule has 2 unspecified atom stereocenters. The highest BCUT2D eigenvalue weighted by Crippen LogP contribution is 2.26. The maximum Gasteiger partial charge on any atom is 0.405 e.